The molecule has 0 heterocycles. The first-order chi connectivity index (χ1) is 6.41. The molecule has 0 saturated heterocycles. The van der Waals surface area contributed by atoms with Crippen molar-refractivity contribution in [1.82, 2.24) is 0 Å². The van der Waals surface area contributed by atoms with Crippen molar-refractivity contribution in [2.45, 2.75) is 25.7 Å². The number of hydrogen-bond donors (Lipinski definition) is 0. The lowest BCUT2D eigenvalue weighted by Crippen LogP contribution is -1.98. The van der Waals surface area contributed by atoms with Crippen molar-refractivity contribution in [3.63, 3.8) is 0 Å². The van der Waals surface area contributed by atoms with Crippen LogP contribution < -0.4 is 0 Å². The maximum Gasteiger partial charge on any atom is 0.146 e. The maximum atomic E-state index is 7.99. The molecule has 0 aromatic rings. The van der Waals surface area contributed by atoms with Gasteiger partial charge in [0.25, 0.3) is 0 Å². The third kappa shape index (κ3) is 11.2. The van der Waals surface area contributed by atoms with Gasteiger partial charge in [-0.05, 0) is 18.4 Å². The Morgan fingerprint density at radius 1 is 1.23 bits per heavy atom. The molecule has 0 radical (unpaired) electrons. The fourth-order valence-corrected chi connectivity index (χ4v) is 0.927. The topological polar surface area (TPSA) is 67.2 Å². The smallest absolute Gasteiger partial charge is 0.146 e. The van der Waals surface area contributed by atoms with E-state index in [4.69, 9.17) is 15.0 Å². The molecule has 0 aliphatic heterocycles. The monoisotopic (exact) mass is 187 g/mol. The summed E-state index contributed by atoms with van der Waals surface area (Å²) in [7, 11) is 1.61. The number of methoxy groups -OCH3 is 1. The van der Waals surface area contributed by atoms with E-state index < -0.39 is 0 Å². The third-order valence-electron chi connectivity index (χ3n) is 1.56. The summed E-state index contributed by atoms with van der Waals surface area (Å²) in [4.78, 5) is 2.68. The second-order valence-corrected chi connectivity index (χ2v) is 2.68. The molecule has 0 aliphatic rings. The second-order valence-electron chi connectivity index (χ2n) is 2.68. The molecule has 0 atom stereocenters. The molecule has 0 rings (SSSR count). The lowest BCUT2D eigenvalue weighted by Gasteiger charge is -2.01. The molecule has 0 fully saturated rings. The summed E-state index contributed by atoms with van der Waals surface area (Å²) in [5.74, 6) is 0. The Bertz CT molecular complexity index is 146. The van der Waals surface area contributed by atoms with Crippen LogP contribution in [0.4, 0.5) is 0 Å². The van der Waals surface area contributed by atoms with E-state index in [1.54, 1.807) is 7.11 Å². The normalized spacial score (nSPS) is 9.62. The van der Waals surface area contributed by atoms with Crippen molar-refractivity contribution in [1.29, 1.82) is 0 Å². The van der Waals surface area contributed by atoms with Gasteiger partial charge in [-0.1, -0.05) is 18.0 Å². The SMILES string of the molecule is COCOCCCCCCN=[N+]=[N-]. The van der Waals surface area contributed by atoms with Crippen LogP contribution in [0.1, 0.15) is 25.7 Å². The van der Waals surface area contributed by atoms with E-state index in [-0.39, 0.29) is 0 Å². The number of nitrogens with zero attached hydrogens (tertiary/aromatic N) is 3. The standard InChI is InChI=1S/C8H17N3O2/c1-12-8-13-7-5-3-2-4-6-10-11-9/h2-8H2,1H3. The summed E-state index contributed by atoms with van der Waals surface area (Å²) in [5.41, 5.74) is 7.99. The molecule has 0 aliphatic carbocycles. The van der Waals surface area contributed by atoms with Crippen LogP contribution in [0.2, 0.25) is 0 Å². The Balaban J connectivity index is 2.87. The van der Waals surface area contributed by atoms with Gasteiger partial charge in [0.1, 0.15) is 6.79 Å². The first-order valence-corrected chi connectivity index (χ1v) is 4.49. The van der Waals surface area contributed by atoms with Crippen LogP contribution in [0, 0.1) is 0 Å². The molecule has 0 N–H and O–H groups in total. The predicted octanol–water partition coefficient (Wildman–Crippen LogP) is 2.48. The number of ether oxygens (including phenoxy) is 2. The Labute approximate surface area is 78.7 Å². The van der Waals surface area contributed by atoms with Gasteiger partial charge < -0.3 is 9.47 Å². The highest BCUT2D eigenvalue weighted by Gasteiger charge is 1.89. The molecular formula is C8H17N3O2. The number of hydrogen-bond acceptors (Lipinski definition) is 3. The Hall–Kier alpha value is -0.770. The van der Waals surface area contributed by atoms with Gasteiger partial charge in [0, 0.05) is 25.2 Å². The highest BCUT2D eigenvalue weighted by Crippen LogP contribution is 2.00. The van der Waals surface area contributed by atoms with Gasteiger partial charge in [-0.25, -0.2) is 0 Å². The largest absolute Gasteiger partial charge is 0.359 e. The van der Waals surface area contributed by atoms with Gasteiger partial charge in [0.05, 0.1) is 0 Å². The van der Waals surface area contributed by atoms with Crippen molar-refractivity contribution in [3.8, 4) is 0 Å². The zero-order valence-corrected chi connectivity index (χ0v) is 8.11. The van der Waals surface area contributed by atoms with Crippen LogP contribution in [-0.2, 0) is 9.47 Å². The molecule has 5 nitrogen and oxygen atoms in total. The number of rotatable bonds is 9. The van der Waals surface area contributed by atoms with Gasteiger partial charge in [0.15, 0.2) is 0 Å². The van der Waals surface area contributed by atoms with Crippen molar-refractivity contribution < 1.29 is 9.47 Å². The molecule has 13 heavy (non-hydrogen) atoms. The lowest BCUT2D eigenvalue weighted by atomic mass is 10.2. The molecule has 0 unspecified atom stereocenters. The number of azide groups is 1. The predicted molar refractivity (Wildman–Crippen MR) is 50.3 cm³/mol. The van der Waals surface area contributed by atoms with Crippen LogP contribution in [0.5, 0.6) is 0 Å². The van der Waals surface area contributed by atoms with Crippen LogP contribution in [-0.4, -0.2) is 27.1 Å². The Kier molecular flexibility index (Phi) is 10.6. The van der Waals surface area contributed by atoms with E-state index in [1.807, 2.05) is 0 Å². The average molecular weight is 187 g/mol. The molecule has 0 aromatic carbocycles. The Morgan fingerprint density at radius 3 is 2.69 bits per heavy atom. The first kappa shape index (κ1) is 12.2. The van der Waals surface area contributed by atoms with E-state index in [1.165, 1.54) is 0 Å². The minimum atomic E-state index is 0.374. The van der Waals surface area contributed by atoms with Crippen molar-refractivity contribution in [2.75, 3.05) is 27.1 Å². The summed E-state index contributed by atoms with van der Waals surface area (Å²) in [6, 6.07) is 0. The zero-order valence-electron chi connectivity index (χ0n) is 8.11. The highest BCUT2D eigenvalue weighted by atomic mass is 16.7. The Morgan fingerprint density at radius 2 is 2.00 bits per heavy atom. The fourth-order valence-electron chi connectivity index (χ4n) is 0.927. The molecule has 76 valence electrons. The third-order valence-corrected chi connectivity index (χ3v) is 1.56. The summed E-state index contributed by atoms with van der Waals surface area (Å²) in [5, 5.41) is 3.45. The maximum absolute atomic E-state index is 7.99. The lowest BCUT2D eigenvalue weighted by molar-refractivity contribution is -0.0315. The quantitative estimate of drug-likeness (QED) is 0.183. The van der Waals surface area contributed by atoms with Crippen LogP contribution in [0.15, 0.2) is 5.11 Å². The van der Waals surface area contributed by atoms with Gasteiger partial charge in [0.2, 0.25) is 0 Å². The van der Waals surface area contributed by atoms with Gasteiger partial charge in [-0.2, -0.15) is 0 Å². The molecule has 0 amide bonds. The van der Waals surface area contributed by atoms with Crippen LogP contribution in [0.3, 0.4) is 0 Å². The molecular weight excluding hydrogens is 170 g/mol. The fraction of sp³-hybridized carbons (Fsp3) is 1.00. The highest BCUT2D eigenvalue weighted by molar-refractivity contribution is 4.48. The van der Waals surface area contributed by atoms with Crippen LogP contribution >= 0.6 is 0 Å². The van der Waals surface area contributed by atoms with E-state index >= 15 is 0 Å². The van der Waals surface area contributed by atoms with Gasteiger partial charge in [-0.3, -0.25) is 0 Å². The molecule has 0 spiro atoms. The summed E-state index contributed by atoms with van der Waals surface area (Å²) in [6.07, 6.45) is 4.22. The summed E-state index contributed by atoms with van der Waals surface area (Å²) < 4.78 is 9.83. The van der Waals surface area contributed by atoms with Crippen LogP contribution in [0.25, 0.3) is 10.4 Å². The van der Waals surface area contributed by atoms with E-state index in [9.17, 15) is 0 Å². The summed E-state index contributed by atoms with van der Waals surface area (Å²) >= 11 is 0. The van der Waals surface area contributed by atoms with Gasteiger partial charge >= 0.3 is 0 Å². The van der Waals surface area contributed by atoms with Gasteiger partial charge in [-0.15, -0.1) is 0 Å². The minimum Gasteiger partial charge on any atom is -0.359 e. The average Bonchev–Trinajstić information content (AvgIpc) is 2.16. The molecule has 0 bridgehead atoms. The van der Waals surface area contributed by atoms with Crippen molar-refractivity contribution in [2.24, 2.45) is 5.11 Å². The summed E-state index contributed by atoms with van der Waals surface area (Å²) in [6.45, 7) is 1.73. The zero-order chi connectivity index (χ0) is 9.78. The molecule has 5 heteroatoms. The van der Waals surface area contributed by atoms with E-state index in [0.29, 0.717) is 13.3 Å². The minimum absolute atomic E-state index is 0.374. The van der Waals surface area contributed by atoms with E-state index in [0.717, 1.165) is 32.3 Å². The van der Waals surface area contributed by atoms with Crippen molar-refractivity contribution >= 4 is 0 Å². The first-order valence-electron chi connectivity index (χ1n) is 4.49. The number of unbranched alkanes of at least 4 members (excludes halogenated alkanes) is 3. The molecule has 0 saturated carbocycles. The van der Waals surface area contributed by atoms with E-state index in [2.05, 4.69) is 10.0 Å². The second kappa shape index (κ2) is 11.2. The van der Waals surface area contributed by atoms with Crippen molar-refractivity contribution in [3.05, 3.63) is 10.4 Å². The molecule has 0 aromatic heterocycles.